The van der Waals surface area contributed by atoms with Crippen LogP contribution in [0.2, 0.25) is 5.02 Å². The third-order valence-corrected chi connectivity index (χ3v) is 6.95. The predicted molar refractivity (Wildman–Crippen MR) is 151 cm³/mol. The maximum Gasteiger partial charge on any atom is 0.322 e. The van der Waals surface area contributed by atoms with Crippen LogP contribution in [0.5, 0.6) is 0 Å². The molecule has 38 heavy (non-hydrogen) atoms. The van der Waals surface area contributed by atoms with Gasteiger partial charge in [-0.2, -0.15) is 0 Å². The van der Waals surface area contributed by atoms with Gasteiger partial charge in [0.1, 0.15) is 11.6 Å². The van der Waals surface area contributed by atoms with Gasteiger partial charge in [-0.15, -0.1) is 0 Å². The molecule has 1 unspecified atom stereocenters. The van der Waals surface area contributed by atoms with E-state index in [-0.39, 0.29) is 16.6 Å². The van der Waals surface area contributed by atoms with Crippen molar-refractivity contribution in [1.82, 2.24) is 14.5 Å². The molecule has 1 heterocycles. The average Bonchev–Trinajstić information content (AvgIpc) is 2.93. The number of hydrogen-bond acceptors (Lipinski definition) is 3. The summed E-state index contributed by atoms with van der Waals surface area (Å²) in [6.07, 6.45) is 0.483. The highest BCUT2D eigenvalue weighted by Crippen LogP contribution is 2.29. The van der Waals surface area contributed by atoms with Crippen molar-refractivity contribution in [3.8, 4) is 5.69 Å². The molecule has 0 saturated carbocycles. The number of aromatic nitrogens is 2. The predicted octanol–water partition coefficient (Wildman–Crippen LogP) is 7.34. The van der Waals surface area contributed by atoms with Crippen LogP contribution in [0.4, 0.5) is 14.9 Å². The molecule has 0 saturated heterocycles. The zero-order valence-electron chi connectivity index (χ0n) is 21.0. The summed E-state index contributed by atoms with van der Waals surface area (Å²) in [7, 11) is 0. The van der Waals surface area contributed by atoms with Gasteiger partial charge in [0.2, 0.25) is 0 Å². The first-order valence-electron chi connectivity index (χ1n) is 12.5. The van der Waals surface area contributed by atoms with Gasteiger partial charge in [-0.1, -0.05) is 67.1 Å². The number of rotatable bonds is 6. The topological polar surface area (TPSA) is 67.2 Å². The summed E-state index contributed by atoms with van der Waals surface area (Å²) in [4.78, 5) is 33.9. The lowest BCUT2D eigenvalue weighted by Gasteiger charge is -2.31. The second kappa shape index (κ2) is 10.6. The van der Waals surface area contributed by atoms with Crippen molar-refractivity contribution < 1.29 is 9.18 Å². The Hall–Kier alpha value is -4.23. The third kappa shape index (κ3) is 4.61. The SMILES string of the molecule is CCC(c1nc2ccccc2c(=O)n1-c1ccc(F)c(Cl)c1)N(CC)C(=O)Nc1cccc2ccccc12. The molecule has 6 nitrogen and oxygen atoms in total. The van der Waals surface area contributed by atoms with Crippen LogP contribution in [0.25, 0.3) is 27.4 Å². The van der Waals surface area contributed by atoms with Gasteiger partial charge in [0.25, 0.3) is 5.56 Å². The molecule has 5 aromatic rings. The molecule has 0 aliphatic heterocycles. The summed E-state index contributed by atoms with van der Waals surface area (Å²) >= 11 is 6.09. The zero-order valence-corrected chi connectivity index (χ0v) is 21.7. The molecule has 1 N–H and O–H groups in total. The highest BCUT2D eigenvalue weighted by molar-refractivity contribution is 6.30. The van der Waals surface area contributed by atoms with Crippen LogP contribution >= 0.6 is 11.6 Å². The molecule has 192 valence electrons. The maximum atomic E-state index is 14.0. The van der Waals surface area contributed by atoms with Crippen LogP contribution in [0.15, 0.2) is 89.7 Å². The zero-order chi connectivity index (χ0) is 26.8. The lowest BCUT2D eigenvalue weighted by Crippen LogP contribution is -2.40. The van der Waals surface area contributed by atoms with Crippen LogP contribution in [0.1, 0.15) is 32.1 Å². The Bertz CT molecular complexity index is 1710. The summed E-state index contributed by atoms with van der Waals surface area (Å²) in [5, 5.41) is 5.29. The standard InChI is InChI=1S/C30H26ClFN4O2/c1-3-27(35(4-2)30(38)34-25-15-9-11-19-10-5-6-12-21(19)25)28-33-26-14-8-7-13-22(26)29(37)36(28)20-16-17-24(32)23(31)18-20/h5-18,27H,3-4H2,1-2H3,(H,34,38). The lowest BCUT2D eigenvalue weighted by atomic mass is 10.1. The number of para-hydroxylation sites is 1. The first-order chi connectivity index (χ1) is 18.4. The van der Waals surface area contributed by atoms with Crippen molar-refractivity contribution in [2.24, 2.45) is 0 Å². The minimum absolute atomic E-state index is 0.109. The minimum Gasteiger partial charge on any atom is -0.315 e. The number of halogens is 2. The number of amides is 2. The van der Waals surface area contributed by atoms with Crippen molar-refractivity contribution >= 4 is 45.0 Å². The number of nitrogens with one attached hydrogen (secondary N) is 1. The number of anilines is 1. The largest absolute Gasteiger partial charge is 0.322 e. The van der Waals surface area contributed by atoms with Crippen molar-refractivity contribution in [1.29, 1.82) is 0 Å². The Kier molecular flexibility index (Phi) is 7.11. The van der Waals surface area contributed by atoms with E-state index in [2.05, 4.69) is 5.32 Å². The Morgan fingerprint density at radius 3 is 2.45 bits per heavy atom. The van der Waals surface area contributed by atoms with Crippen LogP contribution in [0.3, 0.4) is 0 Å². The van der Waals surface area contributed by atoms with Gasteiger partial charge in [-0.25, -0.2) is 14.2 Å². The van der Waals surface area contributed by atoms with Crippen LogP contribution in [0, 0.1) is 5.82 Å². The molecule has 0 aliphatic rings. The van der Waals surface area contributed by atoms with E-state index in [0.29, 0.717) is 41.1 Å². The summed E-state index contributed by atoms with van der Waals surface area (Å²) in [6, 6.07) is 23.8. The number of benzene rings is 4. The van der Waals surface area contributed by atoms with E-state index in [9.17, 15) is 14.0 Å². The Morgan fingerprint density at radius 2 is 1.71 bits per heavy atom. The minimum atomic E-state index is -0.588. The van der Waals surface area contributed by atoms with E-state index in [4.69, 9.17) is 16.6 Å². The van der Waals surface area contributed by atoms with E-state index in [0.717, 1.165) is 10.8 Å². The molecule has 4 aromatic carbocycles. The van der Waals surface area contributed by atoms with Gasteiger partial charge < -0.3 is 10.2 Å². The van der Waals surface area contributed by atoms with E-state index in [1.807, 2.05) is 62.4 Å². The number of hydrogen-bond donors (Lipinski definition) is 1. The molecule has 0 spiro atoms. The Labute approximate surface area is 224 Å². The normalized spacial score (nSPS) is 12.0. The number of carbonyl (C=O) groups is 1. The quantitative estimate of drug-likeness (QED) is 0.251. The Morgan fingerprint density at radius 1 is 1.00 bits per heavy atom. The summed E-state index contributed by atoms with van der Waals surface area (Å²) in [6.45, 7) is 4.17. The molecule has 0 bridgehead atoms. The van der Waals surface area contributed by atoms with Crippen LogP contribution in [-0.2, 0) is 0 Å². The molecule has 8 heteroatoms. The van der Waals surface area contributed by atoms with Crippen molar-refractivity contribution in [2.45, 2.75) is 26.3 Å². The van der Waals surface area contributed by atoms with Crippen molar-refractivity contribution in [3.63, 3.8) is 0 Å². The maximum absolute atomic E-state index is 14.0. The fraction of sp³-hybridized carbons (Fsp3) is 0.167. The van der Waals surface area contributed by atoms with Crippen molar-refractivity contribution in [2.75, 3.05) is 11.9 Å². The van der Waals surface area contributed by atoms with Crippen LogP contribution in [-0.4, -0.2) is 27.0 Å². The van der Waals surface area contributed by atoms with Crippen molar-refractivity contribution in [3.05, 3.63) is 112 Å². The molecule has 1 aromatic heterocycles. The number of fused-ring (bicyclic) bond motifs is 2. The number of urea groups is 1. The van der Waals surface area contributed by atoms with E-state index >= 15 is 0 Å². The second-order valence-corrected chi connectivity index (χ2v) is 9.30. The van der Waals surface area contributed by atoms with Gasteiger partial charge in [-0.3, -0.25) is 9.36 Å². The first kappa shape index (κ1) is 25.4. The van der Waals surface area contributed by atoms with E-state index in [1.165, 1.54) is 22.8 Å². The molecule has 0 radical (unpaired) electrons. The third-order valence-electron chi connectivity index (χ3n) is 6.66. The van der Waals surface area contributed by atoms with Gasteiger partial charge in [0, 0.05) is 11.9 Å². The molecule has 1 atom stereocenters. The fourth-order valence-corrected chi connectivity index (χ4v) is 4.99. The lowest BCUT2D eigenvalue weighted by molar-refractivity contribution is 0.185. The number of nitrogens with zero attached hydrogens (tertiary/aromatic N) is 3. The monoisotopic (exact) mass is 528 g/mol. The van der Waals surface area contributed by atoms with Gasteiger partial charge >= 0.3 is 6.03 Å². The Balaban J connectivity index is 1.63. The first-order valence-corrected chi connectivity index (χ1v) is 12.8. The summed E-state index contributed by atoms with van der Waals surface area (Å²) in [5.74, 6) is -0.218. The molecule has 0 aliphatic carbocycles. The molecule has 0 fully saturated rings. The second-order valence-electron chi connectivity index (χ2n) is 8.89. The number of carbonyl (C=O) groups excluding carboxylic acids is 1. The highest BCUT2D eigenvalue weighted by Gasteiger charge is 2.28. The summed E-state index contributed by atoms with van der Waals surface area (Å²) < 4.78 is 15.4. The fourth-order valence-electron chi connectivity index (χ4n) is 4.82. The smallest absolute Gasteiger partial charge is 0.315 e. The summed E-state index contributed by atoms with van der Waals surface area (Å²) in [5.41, 5.74) is 1.26. The van der Waals surface area contributed by atoms with Gasteiger partial charge in [0.05, 0.1) is 33.3 Å². The molecular weight excluding hydrogens is 503 g/mol. The van der Waals surface area contributed by atoms with E-state index in [1.54, 1.807) is 23.1 Å². The average molecular weight is 529 g/mol. The molecule has 5 rings (SSSR count). The van der Waals surface area contributed by atoms with E-state index < -0.39 is 11.9 Å². The molecular formula is C30H26ClFN4O2. The van der Waals surface area contributed by atoms with Gasteiger partial charge in [-0.05, 0) is 55.1 Å². The van der Waals surface area contributed by atoms with Crippen LogP contribution < -0.4 is 10.9 Å². The molecule has 2 amide bonds. The van der Waals surface area contributed by atoms with Gasteiger partial charge in [0.15, 0.2) is 0 Å². The highest BCUT2D eigenvalue weighted by atomic mass is 35.5.